The van der Waals surface area contributed by atoms with Crippen LogP contribution in [0, 0.1) is 0 Å². The molecule has 8 heteroatoms. The summed E-state index contributed by atoms with van der Waals surface area (Å²) in [6.45, 7) is 0.0942. The lowest BCUT2D eigenvalue weighted by Gasteiger charge is -2.22. The Balaban J connectivity index is 1.98. The number of carboxylic acid groups (broad SMARTS) is 1. The van der Waals surface area contributed by atoms with Crippen molar-refractivity contribution in [2.24, 2.45) is 0 Å². The molecule has 1 aromatic rings. The average Bonchev–Trinajstić information content (AvgIpc) is 2.60. The molecule has 0 unspecified atom stereocenters. The van der Waals surface area contributed by atoms with Crippen molar-refractivity contribution in [3.8, 4) is 0 Å². The van der Waals surface area contributed by atoms with E-state index in [-0.39, 0.29) is 24.0 Å². The molecular weight excluding hydrogens is 356 g/mol. The molecule has 2 N–H and O–H groups in total. The van der Waals surface area contributed by atoms with E-state index in [4.69, 9.17) is 5.11 Å². The standard InChI is InChI=1S/C18H26N2O5S/c1-20(11-10-17(21)22)18(23)19-15-7-5-6-14(12-15)13-26(24,25)16-8-3-2-4-9-16/h5-7,12,16H,2-4,8-11,13H2,1H3,(H,19,23)(H,21,22). The van der Waals surface area contributed by atoms with Crippen LogP contribution in [0.3, 0.4) is 0 Å². The van der Waals surface area contributed by atoms with Crippen molar-refractivity contribution in [1.29, 1.82) is 0 Å². The van der Waals surface area contributed by atoms with Crippen LogP contribution in [0.1, 0.15) is 44.1 Å². The van der Waals surface area contributed by atoms with Crippen LogP contribution in [0.25, 0.3) is 0 Å². The Kier molecular flexibility index (Phi) is 7.02. The molecule has 0 atom stereocenters. The summed E-state index contributed by atoms with van der Waals surface area (Å²) in [6, 6.07) is 6.35. The second-order valence-electron chi connectivity index (χ2n) is 6.76. The Hall–Kier alpha value is -2.09. The molecule has 0 bridgehead atoms. The first-order valence-corrected chi connectivity index (χ1v) is 10.5. The number of carbonyl (C=O) groups is 2. The molecule has 1 aliphatic rings. The normalized spacial score (nSPS) is 15.4. The topological polar surface area (TPSA) is 104 Å². The molecule has 1 aromatic carbocycles. The van der Waals surface area contributed by atoms with E-state index in [1.54, 1.807) is 24.3 Å². The molecule has 1 fully saturated rings. The molecule has 144 valence electrons. The summed E-state index contributed by atoms with van der Waals surface area (Å²) >= 11 is 0. The third kappa shape index (κ3) is 6.01. The monoisotopic (exact) mass is 382 g/mol. The minimum atomic E-state index is -3.20. The molecule has 1 aliphatic carbocycles. The molecule has 26 heavy (non-hydrogen) atoms. The highest BCUT2D eigenvalue weighted by Gasteiger charge is 2.27. The number of carbonyl (C=O) groups excluding carboxylic acids is 1. The fraction of sp³-hybridized carbons (Fsp3) is 0.556. The number of urea groups is 1. The number of benzene rings is 1. The van der Waals surface area contributed by atoms with Gasteiger partial charge in [0.05, 0.1) is 17.4 Å². The lowest BCUT2D eigenvalue weighted by atomic mass is 10.0. The molecule has 0 aliphatic heterocycles. The van der Waals surface area contributed by atoms with E-state index in [0.717, 1.165) is 32.1 Å². The van der Waals surface area contributed by atoms with Crippen LogP contribution in [0.15, 0.2) is 24.3 Å². The van der Waals surface area contributed by atoms with Crippen LogP contribution in [-0.2, 0) is 20.4 Å². The minimum absolute atomic E-state index is 0.0315. The van der Waals surface area contributed by atoms with Gasteiger partial charge in [-0.2, -0.15) is 0 Å². The van der Waals surface area contributed by atoms with Crippen molar-refractivity contribution in [3.63, 3.8) is 0 Å². The molecular formula is C18H26N2O5S. The molecule has 0 aromatic heterocycles. The van der Waals surface area contributed by atoms with Gasteiger partial charge in [0, 0.05) is 19.3 Å². The summed E-state index contributed by atoms with van der Waals surface area (Å²) in [4.78, 5) is 23.9. The van der Waals surface area contributed by atoms with Crippen LogP contribution >= 0.6 is 0 Å². The number of amides is 2. The van der Waals surface area contributed by atoms with Crippen molar-refractivity contribution < 1.29 is 23.1 Å². The Morgan fingerprint density at radius 3 is 2.58 bits per heavy atom. The van der Waals surface area contributed by atoms with Gasteiger partial charge in [-0.05, 0) is 30.5 Å². The van der Waals surface area contributed by atoms with Crippen LogP contribution in [0.5, 0.6) is 0 Å². The summed E-state index contributed by atoms with van der Waals surface area (Å²) in [5, 5.41) is 11.1. The number of nitrogens with one attached hydrogen (secondary N) is 1. The van der Waals surface area contributed by atoms with E-state index >= 15 is 0 Å². The first-order chi connectivity index (χ1) is 12.3. The molecule has 0 heterocycles. The lowest BCUT2D eigenvalue weighted by Crippen LogP contribution is -2.33. The Morgan fingerprint density at radius 1 is 1.23 bits per heavy atom. The van der Waals surface area contributed by atoms with Gasteiger partial charge in [0.15, 0.2) is 9.84 Å². The summed E-state index contributed by atoms with van der Waals surface area (Å²) < 4.78 is 25.2. The van der Waals surface area contributed by atoms with Gasteiger partial charge in [-0.1, -0.05) is 31.4 Å². The Bertz CT molecular complexity index is 742. The van der Waals surface area contributed by atoms with Gasteiger partial charge in [-0.3, -0.25) is 4.79 Å². The first kappa shape index (κ1) is 20.2. The Morgan fingerprint density at radius 2 is 1.92 bits per heavy atom. The molecule has 2 amide bonds. The van der Waals surface area contributed by atoms with Crippen molar-refractivity contribution in [1.82, 2.24) is 4.90 Å². The number of hydrogen-bond donors (Lipinski definition) is 2. The van der Waals surface area contributed by atoms with Crippen molar-refractivity contribution in [2.75, 3.05) is 18.9 Å². The zero-order valence-corrected chi connectivity index (χ0v) is 15.8. The summed E-state index contributed by atoms with van der Waals surface area (Å²) in [5.74, 6) is -1.00. The fourth-order valence-electron chi connectivity index (χ4n) is 3.10. The molecule has 0 spiro atoms. The van der Waals surface area contributed by atoms with E-state index in [1.807, 2.05) is 0 Å². The average molecular weight is 382 g/mol. The zero-order valence-electron chi connectivity index (χ0n) is 15.0. The van der Waals surface area contributed by atoms with Gasteiger partial charge in [0.25, 0.3) is 0 Å². The van der Waals surface area contributed by atoms with Crippen molar-refractivity contribution in [3.05, 3.63) is 29.8 Å². The second-order valence-corrected chi connectivity index (χ2v) is 9.04. The maximum Gasteiger partial charge on any atom is 0.321 e. The van der Waals surface area contributed by atoms with Gasteiger partial charge in [-0.25, -0.2) is 13.2 Å². The predicted octanol–water partition coefficient (Wildman–Crippen LogP) is 2.87. The number of hydrogen-bond acceptors (Lipinski definition) is 4. The third-order valence-corrected chi connectivity index (χ3v) is 6.84. The number of carboxylic acids is 1. The molecule has 0 saturated heterocycles. The van der Waals surface area contributed by atoms with E-state index in [1.165, 1.54) is 11.9 Å². The Labute approximate surface area is 154 Å². The third-order valence-electron chi connectivity index (χ3n) is 4.61. The van der Waals surface area contributed by atoms with Gasteiger partial charge < -0.3 is 15.3 Å². The largest absolute Gasteiger partial charge is 0.481 e. The van der Waals surface area contributed by atoms with Gasteiger partial charge in [0.2, 0.25) is 0 Å². The van der Waals surface area contributed by atoms with Crippen molar-refractivity contribution in [2.45, 2.75) is 49.5 Å². The lowest BCUT2D eigenvalue weighted by molar-refractivity contribution is -0.137. The maximum atomic E-state index is 12.6. The molecule has 7 nitrogen and oxygen atoms in total. The first-order valence-electron chi connectivity index (χ1n) is 8.82. The van der Waals surface area contributed by atoms with Gasteiger partial charge >= 0.3 is 12.0 Å². The number of sulfone groups is 1. The minimum Gasteiger partial charge on any atom is -0.481 e. The maximum absolute atomic E-state index is 12.6. The van der Waals surface area contributed by atoms with E-state index in [9.17, 15) is 18.0 Å². The second kappa shape index (κ2) is 9.02. The summed E-state index contributed by atoms with van der Waals surface area (Å²) in [6.07, 6.45) is 4.35. The highest BCUT2D eigenvalue weighted by atomic mass is 32.2. The number of anilines is 1. The highest BCUT2D eigenvalue weighted by Crippen LogP contribution is 2.26. The predicted molar refractivity (Wildman–Crippen MR) is 99.8 cm³/mol. The van der Waals surface area contributed by atoms with E-state index in [0.29, 0.717) is 11.3 Å². The molecule has 0 radical (unpaired) electrons. The van der Waals surface area contributed by atoms with Crippen molar-refractivity contribution >= 4 is 27.5 Å². The highest BCUT2D eigenvalue weighted by molar-refractivity contribution is 7.91. The molecule has 2 rings (SSSR count). The van der Waals surface area contributed by atoms with E-state index < -0.39 is 21.8 Å². The quantitative estimate of drug-likeness (QED) is 0.755. The molecule has 1 saturated carbocycles. The number of rotatable bonds is 7. The summed E-state index contributed by atoms with van der Waals surface area (Å²) in [5.41, 5.74) is 1.13. The van der Waals surface area contributed by atoms with Crippen LogP contribution in [0.4, 0.5) is 10.5 Å². The fourth-order valence-corrected chi connectivity index (χ4v) is 5.03. The SMILES string of the molecule is CN(CCC(=O)O)C(=O)Nc1cccc(CS(=O)(=O)C2CCCCC2)c1. The van der Waals surface area contributed by atoms with Gasteiger partial charge in [-0.15, -0.1) is 0 Å². The summed E-state index contributed by atoms with van der Waals surface area (Å²) in [7, 11) is -1.69. The van der Waals surface area contributed by atoms with Crippen LogP contribution in [0.2, 0.25) is 0 Å². The smallest absolute Gasteiger partial charge is 0.321 e. The van der Waals surface area contributed by atoms with Gasteiger partial charge in [0.1, 0.15) is 0 Å². The zero-order chi connectivity index (χ0) is 19.2. The van der Waals surface area contributed by atoms with Crippen LogP contribution in [-0.4, -0.2) is 49.3 Å². The number of aliphatic carboxylic acids is 1. The van der Waals surface area contributed by atoms with Crippen LogP contribution < -0.4 is 5.32 Å². The van der Waals surface area contributed by atoms with E-state index in [2.05, 4.69) is 5.32 Å². The number of nitrogens with zero attached hydrogens (tertiary/aromatic N) is 1.